The summed E-state index contributed by atoms with van der Waals surface area (Å²) < 4.78 is 4.98. The molecule has 0 aromatic carbocycles. The second kappa shape index (κ2) is 4.86. The number of carbonyl (C=O) groups is 2. The van der Waals surface area contributed by atoms with Crippen LogP contribution in [0.2, 0.25) is 0 Å². The predicted octanol–water partition coefficient (Wildman–Crippen LogP) is 2.32. The number of carbonyl (C=O) groups excluding carboxylic acids is 2. The molecule has 16 heavy (non-hydrogen) atoms. The maximum absolute atomic E-state index is 12.0. The third-order valence-corrected chi connectivity index (χ3v) is 4.49. The van der Waals surface area contributed by atoms with Crippen LogP contribution in [0.4, 0.5) is 0 Å². The monoisotopic (exact) mass is 288 g/mol. The first-order chi connectivity index (χ1) is 7.61. The highest BCUT2D eigenvalue weighted by Crippen LogP contribution is 2.44. The van der Waals surface area contributed by atoms with Crippen molar-refractivity contribution in [1.29, 1.82) is 0 Å². The zero-order chi connectivity index (χ0) is 11.7. The summed E-state index contributed by atoms with van der Waals surface area (Å²) in [5, 5.41) is 0. The van der Waals surface area contributed by atoms with E-state index in [4.69, 9.17) is 4.74 Å². The van der Waals surface area contributed by atoms with Crippen molar-refractivity contribution < 1.29 is 14.3 Å². The van der Waals surface area contributed by atoms with Crippen LogP contribution in [-0.2, 0) is 14.3 Å². The number of halogens is 1. The Hall–Kier alpha value is -0.380. The second-order valence-corrected chi connectivity index (χ2v) is 5.95. The van der Waals surface area contributed by atoms with Crippen LogP contribution in [0.5, 0.6) is 0 Å². The minimum absolute atomic E-state index is 0.0212. The first-order valence-electron chi connectivity index (χ1n) is 5.96. The van der Waals surface area contributed by atoms with Crippen molar-refractivity contribution in [3.8, 4) is 0 Å². The molecule has 2 atom stereocenters. The van der Waals surface area contributed by atoms with E-state index in [1.165, 1.54) is 12.8 Å². The van der Waals surface area contributed by atoms with Gasteiger partial charge < -0.3 is 4.74 Å². The molecule has 3 nitrogen and oxygen atoms in total. The fourth-order valence-electron chi connectivity index (χ4n) is 2.79. The highest BCUT2D eigenvalue weighted by Gasteiger charge is 2.43. The summed E-state index contributed by atoms with van der Waals surface area (Å²) in [7, 11) is 0. The predicted molar refractivity (Wildman–Crippen MR) is 63.3 cm³/mol. The Kier molecular flexibility index (Phi) is 3.67. The van der Waals surface area contributed by atoms with Gasteiger partial charge in [-0.15, -0.1) is 0 Å². The van der Waals surface area contributed by atoms with E-state index in [0.29, 0.717) is 24.9 Å². The summed E-state index contributed by atoms with van der Waals surface area (Å²) in [6, 6.07) is 0. The van der Waals surface area contributed by atoms with Crippen molar-refractivity contribution in [2.75, 3.05) is 6.61 Å². The van der Waals surface area contributed by atoms with E-state index in [2.05, 4.69) is 15.9 Å². The summed E-state index contributed by atoms with van der Waals surface area (Å²) >= 11 is 3.41. The number of hydrogen-bond donors (Lipinski definition) is 0. The van der Waals surface area contributed by atoms with Crippen molar-refractivity contribution in [1.82, 2.24) is 0 Å². The first-order valence-corrected chi connectivity index (χ1v) is 6.87. The molecule has 90 valence electrons. The molecule has 0 N–H and O–H groups in total. The van der Waals surface area contributed by atoms with Gasteiger partial charge in [-0.2, -0.15) is 0 Å². The molecular formula is C12H17BrO3. The largest absolute Gasteiger partial charge is 0.465 e. The van der Waals surface area contributed by atoms with Crippen molar-refractivity contribution in [3.05, 3.63) is 0 Å². The molecule has 0 aromatic heterocycles. The Balaban J connectivity index is 2.07. The molecule has 3 rings (SSSR count). The molecule has 3 aliphatic rings. The van der Waals surface area contributed by atoms with Crippen LogP contribution in [0.3, 0.4) is 0 Å². The van der Waals surface area contributed by atoms with Crippen molar-refractivity contribution in [2.45, 2.75) is 37.4 Å². The number of esters is 1. The molecule has 0 saturated heterocycles. The minimum atomic E-state index is -0.532. The fraction of sp³-hybridized carbons (Fsp3) is 0.833. The molecule has 3 saturated carbocycles. The molecule has 2 bridgehead atoms. The Morgan fingerprint density at radius 3 is 2.56 bits per heavy atom. The van der Waals surface area contributed by atoms with Gasteiger partial charge in [0.25, 0.3) is 0 Å². The molecule has 0 amide bonds. The topological polar surface area (TPSA) is 43.4 Å². The van der Waals surface area contributed by atoms with Crippen LogP contribution < -0.4 is 0 Å². The maximum atomic E-state index is 12.0. The molecule has 0 radical (unpaired) electrons. The average molecular weight is 289 g/mol. The lowest BCUT2D eigenvalue weighted by Crippen LogP contribution is -2.41. The number of ketones is 1. The Morgan fingerprint density at radius 2 is 1.94 bits per heavy atom. The van der Waals surface area contributed by atoms with Crippen LogP contribution >= 0.6 is 15.9 Å². The lowest BCUT2D eigenvalue weighted by molar-refractivity contribution is -0.153. The van der Waals surface area contributed by atoms with Crippen LogP contribution in [-0.4, -0.2) is 23.2 Å². The second-order valence-electron chi connectivity index (χ2n) is 4.85. The summed E-state index contributed by atoms with van der Waals surface area (Å²) in [5.74, 6) is 0.399. The molecular weight excluding hydrogens is 272 g/mol. The average Bonchev–Trinajstić information content (AvgIpc) is 2.18. The Bertz CT molecular complexity index is 297. The number of alkyl halides is 1. The summed E-state index contributed by atoms with van der Waals surface area (Å²) in [6.07, 6.45) is 3.91. The van der Waals surface area contributed by atoms with Gasteiger partial charge in [-0.25, -0.2) is 0 Å². The van der Waals surface area contributed by atoms with Gasteiger partial charge >= 0.3 is 5.97 Å². The molecule has 3 fully saturated rings. The van der Waals surface area contributed by atoms with Gasteiger partial charge in [-0.3, -0.25) is 9.59 Å². The fourth-order valence-corrected chi connectivity index (χ4v) is 3.64. The van der Waals surface area contributed by atoms with E-state index < -0.39 is 5.92 Å². The van der Waals surface area contributed by atoms with E-state index in [1.54, 1.807) is 6.92 Å². The van der Waals surface area contributed by atoms with E-state index in [9.17, 15) is 9.59 Å². The molecule has 0 heterocycles. The van der Waals surface area contributed by atoms with Crippen molar-refractivity contribution >= 4 is 27.7 Å². The van der Waals surface area contributed by atoms with Crippen LogP contribution in [0.25, 0.3) is 0 Å². The van der Waals surface area contributed by atoms with E-state index in [0.717, 1.165) is 6.42 Å². The van der Waals surface area contributed by atoms with Gasteiger partial charge in [0.2, 0.25) is 0 Å². The van der Waals surface area contributed by atoms with Crippen molar-refractivity contribution in [3.63, 3.8) is 0 Å². The zero-order valence-electron chi connectivity index (χ0n) is 9.45. The number of Topliss-reactive ketones (excluding diaryl/α,β-unsaturated/α-hetero) is 1. The first kappa shape index (κ1) is 12.1. The number of ether oxygens (including phenoxy) is 1. The third kappa shape index (κ3) is 2.31. The smallest absolute Gasteiger partial charge is 0.316 e. The van der Waals surface area contributed by atoms with Gasteiger partial charge in [-0.05, 0) is 44.4 Å². The number of hydrogen-bond acceptors (Lipinski definition) is 3. The molecule has 0 spiro atoms. The highest BCUT2D eigenvalue weighted by atomic mass is 79.9. The quantitative estimate of drug-likeness (QED) is 0.445. The molecule has 0 aromatic rings. The summed E-state index contributed by atoms with van der Waals surface area (Å²) in [5.41, 5.74) is 0. The van der Waals surface area contributed by atoms with Gasteiger partial charge in [0, 0.05) is 0 Å². The van der Waals surface area contributed by atoms with Gasteiger partial charge in [0.05, 0.1) is 11.4 Å². The van der Waals surface area contributed by atoms with Crippen molar-refractivity contribution in [2.24, 2.45) is 17.8 Å². The van der Waals surface area contributed by atoms with Gasteiger partial charge in [-0.1, -0.05) is 15.9 Å². The Morgan fingerprint density at radius 1 is 1.31 bits per heavy atom. The molecule has 4 heteroatoms. The number of rotatable bonds is 2. The molecule has 1 unspecified atom stereocenters. The third-order valence-electron chi connectivity index (χ3n) is 3.67. The lowest BCUT2D eigenvalue weighted by atomic mass is 9.66. The zero-order valence-corrected chi connectivity index (χ0v) is 11.0. The normalized spacial score (nSPS) is 38.2. The summed E-state index contributed by atoms with van der Waals surface area (Å²) in [4.78, 5) is 23.6. The minimum Gasteiger partial charge on any atom is -0.465 e. The SMILES string of the molecule is CCOC(=O)C1CC2CC(C2)C[C@H](Br)C1=O. The number of fused-ring (bicyclic) bond motifs is 4. The van der Waals surface area contributed by atoms with E-state index in [1.807, 2.05) is 0 Å². The lowest BCUT2D eigenvalue weighted by Gasteiger charge is -2.40. The van der Waals surface area contributed by atoms with Crippen LogP contribution in [0.1, 0.15) is 32.6 Å². The Labute approximate surface area is 104 Å². The maximum Gasteiger partial charge on any atom is 0.316 e. The van der Waals surface area contributed by atoms with Gasteiger partial charge in [0.15, 0.2) is 5.78 Å². The molecule has 3 aliphatic carbocycles. The van der Waals surface area contributed by atoms with Crippen LogP contribution in [0, 0.1) is 17.8 Å². The van der Waals surface area contributed by atoms with Gasteiger partial charge in [0.1, 0.15) is 5.92 Å². The summed E-state index contributed by atoms with van der Waals surface area (Å²) in [6.45, 7) is 2.12. The molecule has 0 aliphatic heterocycles. The standard InChI is InChI=1S/C12H17BrO3/c1-2-16-12(15)9-5-7-3-8(4-7)6-10(13)11(9)14/h7-10H,2-6H2,1H3/t7?,8?,9?,10-/m0/s1. The van der Waals surface area contributed by atoms with Crippen LogP contribution in [0.15, 0.2) is 0 Å². The van der Waals surface area contributed by atoms with E-state index in [-0.39, 0.29) is 16.6 Å². The highest BCUT2D eigenvalue weighted by molar-refractivity contribution is 9.10. The van der Waals surface area contributed by atoms with E-state index >= 15 is 0 Å².